The van der Waals surface area contributed by atoms with Gasteiger partial charge in [0.05, 0.1) is 6.33 Å². The largest absolute Gasteiger partial charge is 0.339 e. The molecular weight excluding hydrogens is 264 g/mol. The summed E-state index contributed by atoms with van der Waals surface area (Å²) >= 11 is 0. The van der Waals surface area contributed by atoms with E-state index < -0.39 is 15.6 Å². The highest BCUT2D eigenvalue weighted by Crippen LogP contribution is 2.32. The molecular formula is C12H22N4O2S. The number of sulfonamides is 1. The average Bonchev–Trinajstić information content (AvgIpc) is 2.76. The normalized spacial score (nSPS) is 28.5. The van der Waals surface area contributed by atoms with Gasteiger partial charge < -0.3 is 10.3 Å². The number of nitrogens with zero attached hydrogens (tertiary/aromatic N) is 2. The molecule has 1 saturated carbocycles. The number of imidazole rings is 1. The minimum absolute atomic E-state index is 0.0565. The van der Waals surface area contributed by atoms with Crippen LogP contribution >= 0.6 is 0 Å². The van der Waals surface area contributed by atoms with Gasteiger partial charge in [0, 0.05) is 25.3 Å². The molecule has 0 spiro atoms. The highest BCUT2D eigenvalue weighted by atomic mass is 32.2. The van der Waals surface area contributed by atoms with Crippen molar-refractivity contribution in [2.24, 2.45) is 18.7 Å². The Morgan fingerprint density at radius 2 is 2.37 bits per heavy atom. The minimum atomic E-state index is -3.59. The molecule has 1 fully saturated rings. The van der Waals surface area contributed by atoms with Crippen molar-refractivity contribution in [2.45, 2.75) is 43.2 Å². The van der Waals surface area contributed by atoms with Gasteiger partial charge in [-0.2, -0.15) is 0 Å². The van der Waals surface area contributed by atoms with Crippen LogP contribution in [0.4, 0.5) is 0 Å². The number of aryl methyl sites for hydroxylation is 1. The first kappa shape index (κ1) is 14.5. The Hall–Kier alpha value is -0.920. The third kappa shape index (κ3) is 3.16. The van der Waals surface area contributed by atoms with Crippen LogP contribution in [0.2, 0.25) is 0 Å². The van der Waals surface area contributed by atoms with Gasteiger partial charge in [0.25, 0.3) is 10.0 Å². The predicted octanol–water partition coefficient (Wildman–Crippen LogP) is 0.606. The van der Waals surface area contributed by atoms with Crippen molar-refractivity contribution in [3.05, 3.63) is 12.5 Å². The van der Waals surface area contributed by atoms with Gasteiger partial charge in [0.1, 0.15) is 0 Å². The van der Waals surface area contributed by atoms with E-state index in [9.17, 15) is 8.42 Å². The van der Waals surface area contributed by atoms with Crippen molar-refractivity contribution in [2.75, 3.05) is 6.54 Å². The molecule has 2 rings (SSSR count). The summed E-state index contributed by atoms with van der Waals surface area (Å²) in [5.74, 6) is 0.490. The number of hydrogen-bond donors (Lipinski definition) is 2. The minimum Gasteiger partial charge on any atom is -0.339 e. The fraction of sp³-hybridized carbons (Fsp3) is 0.750. The van der Waals surface area contributed by atoms with Crippen LogP contribution < -0.4 is 10.5 Å². The van der Waals surface area contributed by atoms with Gasteiger partial charge in [0.15, 0.2) is 5.03 Å². The lowest BCUT2D eigenvalue weighted by Gasteiger charge is -2.39. The van der Waals surface area contributed by atoms with Crippen LogP contribution in [0.1, 0.15) is 32.6 Å². The Morgan fingerprint density at radius 1 is 1.63 bits per heavy atom. The zero-order valence-corrected chi connectivity index (χ0v) is 12.3. The smallest absolute Gasteiger partial charge is 0.260 e. The molecule has 2 atom stereocenters. The molecule has 108 valence electrons. The summed E-state index contributed by atoms with van der Waals surface area (Å²) in [6, 6.07) is 0. The molecule has 1 heterocycles. The summed E-state index contributed by atoms with van der Waals surface area (Å²) in [6.07, 6.45) is 6.69. The lowest BCUT2D eigenvalue weighted by molar-refractivity contribution is 0.222. The lowest BCUT2D eigenvalue weighted by Crippen LogP contribution is -2.55. The first-order valence-electron chi connectivity index (χ1n) is 6.59. The first-order chi connectivity index (χ1) is 8.87. The van der Waals surface area contributed by atoms with Crippen LogP contribution in [0, 0.1) is 5.92 Å². The van der Waals surface area contributed by atoms with Crippen LogP contribution in [0.3, 0.4) is 0 Å². The maximum Gasteiger partial charge on any atom is 0.260 e. The standard InChI is InChI=1S/C12H22N4O2S/c1-10-4-3-5-12(6-10,8-13)15-19(17,18)11-7-16(2)9-14-11/h7,9-10,15H,3-6,8,13H2,1-2H3. The monoisotopic (exact) mass is 286 g/mol. The second kappa shape index (κ2) is 5.22. The van der Waals surface area contributed by atoms with Crippen LogP contribution in [0.15, 0.2) is 17.6 Å². The molecule has 0 aliphatic heterocycles. The van der Waals surface area contributed by atoms with Gasteiger partial charge in [-0.3, -0.25) is 0 Å². The van der Waals surface area contributed by atoms with Gasteiger partial charge in [-0.1, -0.05) is 19.8 Å². The highest BCUT2D eigenvalue weighted by molar-refractivity contribution is 7.89. The maximum absolute atomic E-state index is 12.3. The van der Waals surface area contributed by atoms with Crippen LogP contribution in [0.5, 0.6) is 0 Å². The van der Waals surface area contributed by atoms with Gasteiger partial charge >= 0.3 is 0 Å². The van der Waals surface area contributed by atoms with Crippen LogP contribution in [-0.4, -0.2) is 30.1 Å². The maximum atomic E-state index is 12.3. The van der Waals surface area contributed by atoms with E-state index in [2.05, 4.69) is 16.6 Å². The Balaban J connectivity index is 2.22. The van der Waals surface area contributed by atoms with Gasteiger partial charge in [-0.05, 0) is 18.8 Å². The highest BCUT2D eigenvalue weighted by Gasteiger charge is 2.38. The molecule has 0 saturated heterocycles. The fourth-order valence-corrected chi connectivity index (χ4v) is 4.28. The fourth-order valence-electron chi connectivity index (χ4n) is 2.84. The number of nitrogens with one attached hydrogen (secondary N) is 1. The Bertz CT molecular complexity index is 540. The van der Waals surface area contributed by atoms with Crippen LogP contribution in [0.25, 0.3) is 0 Å². The molecule has 7 heteroatoms. The number of rotatable bonds is 4. The third-order valence-electron chi connectivity index (χ3n) is 3.79. The number of aromatic nitrogens is 2. The predicted molar refractivity (Wildman–Crippen MR) is 72.9 cm³/mol. The molecule has 1 aliphatic rings. The van der Waals surface area contributed by atoms with E-state index in [0.717, 1.165) is 25.7 Å². The van der Waals surface area contributed by atoms with Crippen molar-refractivity contribution < 1.29 is 8.42 Å². The van der Waals surface area contributed by atoms with Crippen molar-refractivity contribution in [1.82, 2.24) is 14.3 Å². The summed E-state index contributed by atoms with van der Waals surface area (Å²) in [5, 5.41) is 0.0565. The Kier molecular flexibility index (Phi) is 3.98. The summed E-state index contributed by atoms with van der Waals surface area (Å²) in [6.45, 7) is 2.46. The van der Waals surface area contributed by atoms with Gasteiger partial charge in [0.2, 0.25) is 0 Å². The zero-order chi connectivity index (χ0) is 14.1. The Morgan fingerprint density at radius 3 is 2.89 bits per heavy atom. The van der Waals surface area contributed by atoms with Crippen molar-refractivity contribution in [3.8, 4) is 0 Å². The van der Waals surface area contributed by atoms with Gasteiger partial charge in [-0.15, -0.1) is 0 Å². The van der Waals surface area contributed by atoms with E-state index in [-0.39, 0.29) is 5.03 Å². The molecule has 6 nitrogen and oxygen atoms in total. The third-order valence-corrected chi connectivity index (χ3v) is 5.25. The number of nitrogens with two attached hydrogens (primary N) is 1. The summed E-state index contributed by atoms with van der Waals surface area (Å²) in [5.41, 5.74) is 5.32. The van der Waals surface area contributed by atoms with E-state index in [0.29, 0.717) is 12.5 Å². The van der Waals surface area contributed by atoms with Crippen LogP contribution in [-0.2, 0) is 17.1 Å². The van der Waals surface area contributed by atoms with E-state index in [1.54, 1.807) is 11.6 Å². The van der Waals surface area contributed by atoms with E-state index in [1.807, 2.05) is 0 Å². The molecule has 1 aromatic rings. The van der Waals surface area contributed by atoms with Crippen molar-refractivity contribution >= 4 is 10.0 Å². The summed E-state index contributed by atoms with van der Waals surface area (Å²) in [4.78, 5) is 3.91. The zero-order valence-electron chi connectivity index (χ0n) is 11.5. The number of hydrogen-bond acceptors (Lipinski definition) is 4. The lowest BCUT2D eigenvalue weighted by atomic mass is 9.77. The summed E-state index contributed by atoms with van der Waals surface area (Å²) < 4.78 is 29.1. The average molecular weight is 286 g/mol. The molecule has 0 amide bonds. The molecule has 0 aromatic carbocycles. The molecule has 2 unspecified atom stereocenters. The van der Waals surface area contributed by atoms with Gasteiger partial charge in [-0.25, -0.2) is 18.1 Å². The molecule has 1 aromatic heterocycles. The second-order valence-electron chi connectivity index (χ2n) is 5.67. The topological polar surface area (TPSA) is 90.0 Å². The second-order valence-corrected chi connectivity index (χ2v) is 7.30. The molecule has 1 aliphatic carbocycles. The van der Waals surface area contributed by atoms with E-state index >= 15 is 0 Å². The SMILES string of the molecule is CC1CCCC(CN)(NS(=O)(=O)c2cn(C)cn2)C1. The quantitative estimate of drug-likeness (QED) is 0.848. The first-order valence-corrected chi connectivity index (χ1v) is 8.07. The van der Waals surface area contributed by atoms with Crippen molar-refractivity contribution in [1.29, 1.82) is 0 Å². The molecule has 0 bridgehead atoms. The Labute approximate surface area is 114 Å². The van der Waals surface area contributed by atoms with Crippen molar-refractivity contribution in [3.63, 3.8) is 0 Å². The molecule has 19 heavy (non-hydrogen) atoms. The molecule has 0 radical (unpaired) electrons. The summed E-state index contributed by atoms with van der Waals surface area (Å²) in [7, 11) is -1.85. The van der Waals surface area contributed by atoms with E-state index in [1.165, 1.54) is 12.5 Å². The molecule has 3 N–H and O–H groups in total. The van der Waals surface area contributed by atoms with E-state index in [4.69, 9.17) is 5.73 Å².